The van der Waals surface area contributed by atoms with E-state index in [1.54, 1.807) is 0 Å². The molecule has 0 atom stereocenters. The molecule has 1 rings (SSSR count). The minimum absolute atomic E-state index is 0.0135. The second kappa shape index (κ2) is 5.94. The number of hydrogen-bond acceptors (Lipinski definition) is 3. The largest absolute Gasteiger partial charge is 0.469 e. The molecule has 2 N–H and O–H groups in total. The van der Waals surface area contributed by atoms with Crippen molar-refractivity contribution in [2.75, 3.05) is 26.3 Å². The molecule has 0 saturated heterocycles. The van der Waals surface area contributed by atoms with Gasteiger partial charge in [0.15, 0.2) is 0 Å². The van der Waals surface area contributed by atoms with Crippen LogP contribution >= 0.6 is 7.82 Å². The van der Waals surface area contributed by atoms with E-state index < -0.39 is 7.82 Å². The molecule has 0 unspecified atom stereocenters. The van der Waals surface area contributed by atoms with Gasteiger partial charge in [0.1, 0.15) is 0 Å². The summed E-state index contributed by atoms with van der Waals surface area (Å²) in [5, 5.41) is 10.3. The van der Waals surface area contributed by atoms with Crippen molar-refractivity contribution in [2.45, 2.75) is 25.3 Å². The van der Waals surface area contributed by atoms with Crippen molar-refractivity contribution in [1.82, 2.24) is 4.90 Å². The van der Waals surface area contributed by atoms with Gasteiger partial charge in [0.05, 0.1) is 13.2 Å². The molecule has 89 valence electrons. The van der Waals surface area contributed by atoms with Gasteiger partial charge < -0.3 is 9.79 Å². The summed E-state index contributed by atoms with van der Waals surface area (Å²) in [5.41, 5.74) is 0. The molecule has 1 saturated carbocycles. The van der Waals surface area contributed by atoms with Crippen molar-refractivity contribution in [3.8, 4) is 0 Å². The highest BCUT2D eigenvalue weighted by Gasteiger charge is 2.28. The lowest BCUT2D eigenvalue weighted by Gasteiger charge is -2.21. The van der Waals surface area contributed by atoms with E-state index in [2.05, 4.69) is 9.42 Å². The molecule has 6 nitrogen and oxygen atoms in total. The molecule has 15 heavy (non-hydrogen) atoms. The first-order valence-electron chi connectivity index (χ1n) is 5.05. The minimum atomic E-state index is -4.35. The Labute approximate surface area is 89.1 Å². The maximum atomic E-state index is 10.4. The maximum absolute atomic E-state index is 10.4. The van der Waals surface area contributed by atoms with Crippen molar-refractivity contribution >= 4 is 7.82 Å². The summed E-state index contributed by atoms with van der Waals surface area (Å²) in [6, 6.07) is 0.483. The van der Waals surface area contributed by atoms with Crippen LogP contribution in [0, 0.1) is 0 Å². The topological polar surface area (TPSA) is 89.9 Å². The van der Waals surface area contributed by atoms with Crippen LogP contribution in [0.15, 0.2) is 0 Å². The highest BCUT2D eigenvalue weighted by atomic mass is 31.2. The summed E-state index contributed by atoms with van der Waals surface area (Å²) < 4.78 is 14.8. The standard InChI is InChI=1S/C8H17NO5P/c10-6-1-4-9(8-2-3-8)5-7-14-15(11,12)13/h8H,1-7H2,(H2,11,12,13). The zero-order valence-electron chi connectivity index (χ0n) is 8.54. The Balaban J connectivity index is 2.17. The van der Waals surface area contributed by atoms with E-state index in [1.807, 2.05) is 0 Å². The first-order chi connectivity index (χ1) is 7.03. The Bertz CT molecular complexity index is 227. The van der Waals surface area contributed by atoms with Gasteiger partial charge in [-0.1, -0.05) is 0 Å². The van der Waals surface area contributed by atoms with Gasteiger partial charge in [-0.25, -0.2) is 9.67 Å². The van der Waals surface area contributed by atoms with Crippen molar-refractivity contribution in [3.05, 3.63) is 0 Å². The zero-order chi connectivity index (χ0) is 11.3. The number of phosphoric ester groups is 1. The summed E-state index contributed by atoms with van der Waals surface area (Å²) in [6.45, 7) is 1.08. The highest BCUT2D eigenvalue weighted by Crippen LogP contribution is 2.35. The van der Waals surface area contributed by atoms with Gasteiger partial charge in [0, 0.05) is 19.1 Å². The number of rotatable bonds is 8. The van der Waals surface area contributed by atoms with Crippen LogP contribution in [0.1, 0.15) is 19.3 Å². The second-order valence-corrected chi connectivity index (χ2v) is 4.89. The summed E-state index contributed by atoms with van der Waals surface area (Å²) in [5.74, 6) is 0. The lowest BCUT2D eigenvalue weighted by molar-refractivity contribution is 0.136. The van der Waals surface area contributed by atoms with Crippen LogP contribution in [0.25, 0.3) is 0 Å². The van der Waals surface area contributed by atoms with Gasteiger partial charge in [-0.3, -0.25) is 9.42 Å². The molecule has 0 heterocycles. The average molecular weight is 238 g/mol. The second-order valence-electron chi connectivity index (χ2n) is 3.65. The summed E-state index contributed by atoms with van der Waals surface area (Å²) in [6.07, 6.45) is 2.79. The van der Waals surface area contributed by atoms with E-state index in [4.69, 9.17) is 9.79 Å². The van der Waals surface area contributed by atoms with E-state index in [1.165, 1.54) is 0 Å². The molecule has 1 aliphatic carbocycles. The summed E-state index contributed by atoms with van der Waals surface area (Å²) in [4.78, 5) is 19.0. The van der Waals surface area contributed by atoms with Crippen LogP contribution in [0.2, 0.25) is 0 Å². The minimum Gasteiger partial charge on any atom is -0.303 e. The predicted molar refractivity (Wildman–Crippen MR) is 52.8 cm³/mol. The lowest BCUT2D eigenvalue weighted by Crippen LogP contribution is -2.31. The maximum Gasteiger partial charge on any atom is 0.469 e. The van der Waals surface area contributed by atoms with Gasteiger partial charge in [-0.2, -0.15) is 0 Å². The monoisotopic (exact) mass is 238 g/mol. The third-order valence-corrected chi connectivity index (χ3v) is 2.81. The van der Waals surface area contributed by atoms with E-state index in [0.717, 1.165) is 12.8 Å². The summed E-state index contributed by atoms with van der Waals surface area (Å²) in [7, 11) is -4.35. The van der Waals surface area contributed by atoms with E-state index in [9.17, 15) is 9.67 Å². The Morgan fingerprint density at radius 1 is 1.33 bits per heavy atom. The molecule has 0 amide bonds. The van der Waals surface area contributed by atoms with Crippen LogP contribution in [0.3, 0.4) is 0 Å². The summed E-state index contributed by atoms with van der Waals surface area (Å²) >= 11 is 0. The normalized spacial score (nSPS) is 17.3. The Hall–Kier alpha value is 0.0300. The first-order valence-corrected chi connectivity index (χ1v) is 6.58. The van der Waals surface area contributed by atoms with Crippen molar-refractivity contribution in [3.63, 3.8) is 0 Å². The first kappa shape index (κ1) is 13.1. The number of phosphoric acid groups is 1. The van der Waals surface area contributed by atoms with Crippen molar-refractivity contribution in [1.29, 1.82) is 0 Å². The molecular formula is C8H17NO5P. The molecule has 0 aromatic heterocycles. The highest BCUT2D eigenvalue weighted by molar-refractivity contribution is 7.46. The third-order valence-electron chi connectivity index (χ3n) is 2.29. The van der Waals surface area contributed by atoms with Crippen molar-refractivity contribution < 1.29 is 24.0 Å². The SMILES string of the molecule is [O]CCCN(CCOP(=O)(O)O)C1CC1. The molecule has 7 heteroatoms. The molecule has 1 aliphatic rings. The molecule has 1 radical (unpaired) electrons. The zero-order valence-corrected chi connectivity index (χ0v) is 9.44. The van der Waals surface area contributed by atoms with Crippen molar-refractivity contribution in [2.24, 2.45) is 0 Å². The van der Waals surface area contributed by atoms with Gasteiger partial charge >= 0.3 is 7.82 Å². The molecule has 0 aromatic rings. The fourth-order valence-corrected chi connectivity index (χ4v) is 1.78. The molecule has 0 bridgehead atoms. The fourth-order valence-electron chi connectivity index (χ4n) is 1.46. The molecule has 0 aliphatic heterocycles. The van der Waals surface area contributed by atoms with Gasteiger partial charge in [0.25, 0.3) is 0 Å². The van der Waals surface area contributed by atoms with Crippen LogP contribution in [0.4, 0.5) is 0 Å². The quantitative estimate of drug-likeness (QED) is 0.597. The Morgan fingerprint density at radius 3 is 2.47 bits per heavy atom. The molecular weight excluding hydrogens is 221 g/mol. The molecule has 0 aromatic carbocycles. The Morgan fingerprint density at radius 2 is 2.00 bits per heavy atom. The number of nitrogens with zero attached hydrogens (tertiary/aromatic N) is 1. The predicted octanol–water partition coefficient (Wildman–Crippen LogP) is 0.381. The fraction of sp³-hybridized carbons (Fsp3) is 1.00. The lowest BCUT2D eigenvalue weighted by atomic mass is 10.4. The van der Waals surface area contributed by atoms with Gasteiger partial charge in [-0.15, -0.1) is 0 Å². The number of hydrogen-bond donors (Lipinski definition) is 2. The van der Waals surface area contributed by atoms with Gasteiger partial charge in [0.2, 0.25) is 0 Å². The van der Waals surface area contributed by atoms with E-state index in [-0.39, 0.29) is 13.2 Å². The smallest absolute Gasteiger partial charge is 0.303 e. The van der Waals surface area contributed by atoms with E-state index >= 15 is 0 Å². The van der Waals surface area contributed by atoms with Crippen LogP contribution in [0.5, 0.6) is 0 Å². The van der Waals surface area contributed by atoms with Crippen LogP contribution in [-0.4, -0.2) is 47.0 Å². The molecule has 1 fully saturated rings. The van der Waals surface area contributed by atoms with E-state index in [0.29, 0.717) is 25.6 Å². The van der Waals surface area contributed by atoms with Gasteiger partial charge in [-0.05, 0) is 19.3 Å². The third kappa shape index (κ3) is 6.25. The Kier molecular flexibility index (Phi) is 5.18. The van der Waals surface area contributed by atoms with Crippen LogP contribution in [-0.2, 0) is 14.2 Å². The average Bonchev–Trinajstić information content (AvgIpc) is 2.92. The van der Waals surface area contributed by atoms with Crippen LogP contribution < -0.4 is 0 Å². The molecule has 0 spiro atoms.